The third-order valence-electron chi connectivity index (χ3n) is 6.46. The first-order valence-electron chi connectivity index (χ1n) is 13.0. The number of carbonyl (C=O) groups excluding carboxylic acids is 2. The van der Waals surface area contributed by atoms with E-state index in [4.69, 9.17) is 0 Å². The molecule has 0 aliphatic heterocycles. The van der Waals surface area contributed by atoms with E-state index in [1.165, 1.54) is 11.1 Å². The first-order chi connectivity index (χ1) is 19.3. The second kappa shape index (κ2) is 13.5. The number of hydrogen-bond donors (Lipinski definition) is 2. The summed E-state index contributed by atoms with van der Waals surface area (Å²) in [5.74, 6) is -0.178. The Morgan fingerprint density at radius 2 is 1.00 bits per heavy atom. The van der Waals surface area contributed by atoms with Crippen LogP contribution in [0, 0.1) is 20.8 Å². The minimum atomic E-state index is -0.0909. The van der Waals surface area contributed by atoms with Crippen molar-refractivity contribution in [2.24, 2.45) is 0 Å². The molecular formula is C35H31BrN2O2. The van der Waals surface area contributed by atoms with Gasteiger partial charge < -0.3 is 10.6 Å². The van der Waals surface area contributed by atoms with Gasteiger partial charge in [-0.05, 0) is 91.1 Å². The van der Waals surface area contributed by atoms with Gasteiger partial charge in [0.15, 0.2) is 0 Å². The van der Waals surface area contributed by atoms with Crippen molar-refractivity contribution in [1.29, 1.82) is 0 Å². The molecule has 5 heteroatoms. The molecule has 0 fully saturated rings. The Morgan fingerprint density at radius 1 is 0.525 bits per heavy atom. The summed E-state index contributed by atoms with van der Waals surface area (Å²) in [6.07, 6.45) is 0. The molecule has 200 valence electrons. The van der Waals surface area contributed by atoms with Crippen LogP contribution >= 0.6 is 15.9 Å². The van der Waals surface area contributed by atoms with Crippen molar-refractivity contribution in [2.75, 3.05) is 10.6 Å². The standard InChI is InChI=1S/C21H19NO.C14H12BrNO/c1-15-8-6-7-11-19(15)18-13-12-16(2)20(14-18)22-21(23)17-9-4-3-5-10-17;1-10-7-8-12(15)9-13(10)16-14(17)11-5-3-2-4-6-11/h3-14H,1-2H3,(H,22,23);2-9H,1H3,(H,16,17). The summed E-state index contributed by atoms with van der Waals surface area (Å²) < 4.78 is 0.950. The van der Waals surface area contributed by atoms with Crippen molar-refractivity contribution in [3.63, 3.8) is 0 Å². The van der Waals surface area contributed by atoms with E-state index in [2.05, 4.69) is 51.7 Å². The molecule has 0 aliphatic rings. The zero-order chi connectivity index (χ0) is 28.5. The molecule has 5 aromatic carbocycles. The summed E-state index contributed by atoms with van der Waals surface area (Å²) in [6, 6.07) is 38.7. The van der Waals surface area contributed by atoms with Gasteiger partial charge in [-0.25, -0.2) is 0 Å². The second-order valence-corrected chi connectivity index (χ2v) is 10.4. The molecule has 0 spiro atoms. The van der Waals surface area contributed by atoms with E-state index >= 15 is 0 Å². The summed E-state index contributed by atoms with van der Waals surface area (Å²) in [5.41, 5.74) is 8.59. The van der Waals surface area contributed by atoms with E-state index in [0.717, 1.165) is 32.5 Å². The first-order valence-corrected chi connectivity index (χ1v) is 13.8. The Morgan fingerprint density at radius 3 is 1.55 bits per heavy atom. The molecule has 0 unspecified atom stereocenters. The molecule has 0 heterocycles. The smallest absolute Gasteiger partial charge is 0.255 e. The zero-order valence-corrected chi connectivity index (χ0v) is 24.3. The Hall–Kier alpha value is -4.48. The topological polar surface area (TPSA) is 58.2 Å². The van der Waals surface area contributed by atoms with Gasteiger partial charge in [-0.3, -0.25) is 9.59 Å². The molecule has 0 aliphatic carbocycles. The van der Waals surface area contributed by atoms with Gasteiger partial charge in [0.2, 0.25) is 0 Å². The van der Waals surface area contributed by atoms with Gasteiger partial charge in [0.1, 0.15) is 0 Å². The van der Waals surface area contributed by atoms with E-state index in [9.17, 15) is 9.59 Å². The van der Waals surface area contributed by atoms with Gasteiger partial charge in [-0.2, -0.15) is 0 Å². The van der Waals surface area contributed by atoms with Crippen molar-refractivity contribution in [3.05, 3.63) is 154 Å². The highest BCUT2D eigenvalue weighted by molar-refractivity contribution is 9.10. The van der Waals surface area contributed by atoms with Crippen molar-refractivity contribution in [3.8, 4) is 11.1 Å². The van der Waals surface area contributed by atoms with Crippen molar-refractivity contribution in [1.82, 2.24) is 0 Å². The molecule has 4 nitrogen and oxygen atoms in total. The fourth-order valence-electron chi connectivity index (χ4n) is 4.12. The Balaban J connectivity index is 0.000000194. The molecule has 0 saturated carbocycles. The van der Waals surface area contributed by atoms with E-state index < -0.39 is 0 Å². The average molecular weight is 592 g/mol. The Labute approximate surface area is 244 Å². The lowest BCUT2D eigenvalue weighted by molar-refractivity contribution is 0.101. The minimum Gasteiger partial charge on any atom is -0.322 e. The molecule has 2 N–H and O–H groups in total. The number of benzene rings is 5. The van der Waals surface area contributed by atoms with Gasteiger partial charge >= 0.3 is 0 Å². The Kier molecular flexibility index (Phi) is 9.66. The second-order valence-electron chi connectivity index (χ2n) is 9.44. The molecule has 0 radical (unpaired) electrons. The summed E-state index contributed by atoms with van der Waals surface area (Å²) in [4.78, 5) is 24.3. The van der Waals surface area contributed by atoms with Gasteiger partial charge in [0.05, 0.1) is 0 Å². The third kappa shape index (κ3) is 7.55. The van der Waals surface area contributed by atoms with E-state index in [1.807, 2.05) is 105 Å². The maximum atomic E-state index is 12.4. The van der Waals surface area contributed by atoms with Crippen molar-refractivity contribution in [2.45, 2.75) is 20.8 Å². The molecule has 0 atom stereocenters. The van der Waals surface area contributed by atoms with Gasteiger partial charge in [-0.15, -0.1) is 0 Å². The van der Waals surface area contributed by atoms with Crippen LogP contribution in [0.25, 0.3) is 11.1 Å². The summed E-state index contributed by atoms with van der Waals surface area (Å²) >= 11 is 3.39. The third-order valence-corrected chi connectivity index (χ3v) is 6.95. The fraction of sp³-hybridized carbons (Fsp3) is 0.0857. The number of amides is 2. The molecule has 0 aromatic heterocycles. The lowest BCUT2D eigenvalue weighted by Crippen LogP contribution is -2.12. The number of halogens is 1. The highest BCUT2D eigenvalue weighted by Gasteiger charge is 2.10. The van der Waals surface area contributed by atoms with Gasteiger partial charge in [0.25, 0.3) is 11.8 Å². The van der Waals surface area contributed by atoms with Crippen LogP contribution in [0.3, 0.4) is 0 Å². The predicted octanol–water partition coefficient (Wildman–Crippen LogP) is 9.23. The monoisotopic (exact) mass is 590 g/mol. The zero-order valence-electron chi connectivity index (χ0n) is 22.7. The molecule has 2 amide bonds. The normalized spacial score (nSPS) is 10.2. The lowest BCUT2D eigenvalue weighted by Gasteiger charge is -2.12. The van der Waals surface area contributed by atoms with Crippen LogP contribution in [-0.2, 0) is 0 Å². The van der Waals surface area contributed by atoms with Crippen LogP contribution < -0.4 is 10.6 Å². The number of carbonyl (C=O) groups is 2. The van der Waals surface area contributed by atoms with Crippen LogP contribution in [0.5, 0.6) is 0 Å². The minimum absolute atomic E-state index is 0.0874. The van der Waals surface area contributed by atoms with Crippen LogP contribution in [0.15, 0.2) is 126 Å². The highest BCUT2D eigenvalue weighted by Crippen LogP contribution is 2.28. The van der Waals surface area contributed by atoms with Gasteiger partial charge in [0, 0.05) is 27.0 Å². The van der Waals surface area contributed by atoms with Crippen LogP contribution in [0.4, 0.5) is 11.4 Å². The van der Waals surface area contributed by atoms with Crippen LogP contribution in [0.1, 0.15) is 37.4 Å². The molecule has 0 bridgehead atoms. The summed E-state index contributed by atoms with van der Waals surface area (Å²) in [7, 11) is 0. The fourth-order valence-corrected chi connectivity index (χ4v) is 4.48. The molecule has 5 rings (SSSR count). The molecule has 5 aromatic rings. The predicted molar refractivity (Wildman–Crippen MR) is 169 cm³/mol. The largest absolute Gasteiger partial charge is 0.322 e. The average Bonchev–Trinajstić information content (AvgIpc) is 2.98. The number of hydrogen-bond acceptors (Lipinski definition) is 2. The SMILES string of the molecule is Cc1ccc(-c2ccccc2C)cc1NC(=O)c1ccccc1.Cc1ccc(Br)cc1NC(=O)c1ccccc1. The summed E-state index contributed by atoms with van der Waals surface area (Å²) in [6.45, 7) is 6.06. The van der Waals surface area contributed by atoms with Gasteiger partial charge in [-0.1, -0.05) is 94.8 Å². The van der Waals surface area contributed by atoms with Crippen molar-refractivity contribution >= 4 is 39.1 Å². The maximum absolute atomic E-state index is 12.4. The maximum Gasteiger partial charge on any atom is 0.255 e. The highest BCUT2D eigenvalue weighted by atomic mass is 79.9. The van der Waals surface area contributed by atoms with E-state index in [1.54, 1.807) is 12.1 Å². The number of nitrogens with one attached hydrogen (secondary N) is 2. The Bertz CT molecular complexity index is 1620. The quantitative estimate of drug-likeness (QED) is 0.214. The van der Waals surface area contributed by atoms with Crippen molar-refractivity contribution < 1.29 is 9.59 Å². The first kappa shape index (κ1) is 28.5. The molecule has 0 saturated heterocycles. The number of anilines is 2. The molecule has 40 heavy (non-hydrogen) atoms. The van der Waals surface area contributed by atoms with E-state index in [0.29, 0.717) is 11.1 Å². The van der Waals surface area contributed by atoms with Crippen LogP contribution in [0.2, 0.25) is 0 Å². The van der Waals surface area contributed by atoms with E-state index in [-0.39, 0.29) is 11.8 Å². The lowest BCUT2D eigenvalue weighted by atomic mass is 9.98. The van der Waals surface area contributed by atoms with Crippen LogP contribution in [-0.4, -0.2) is 11.8 Å². The number of aryl methyl sites for hydroxylation is 3. The number of rotatable bonds is 5. The summed E-state index contributed by atoms with van der Waals surface area (Å²) in [5, 5.41) is 5.92. The molecular weight excluding hydrogens is 560 g/mol.